The maximum absolute atomic E-state index is 15.0. The summed E-state index contributed by atoms with van der Waals surface area (Å²) in [4.78, 5) is 217. The van der Waals surface area contributed by atoms with Crippen LogP contribution in [0.1, 0.15) is 185 Å². The minimum atomic E-state index is -2.06. The Balaban J connectivity index is 1.72. The average Bonchev–Trinajstić information content (AvgIpc) is 1.29. The second-order valence-corrected chi connectivity index (χ2v) is 31.9. The van der Waals surface area contributed by atoms with Crippen molar-refractivity contribution in [3.63, 3.8) is 0 Å². The molecule has 2 aromatic rings. The lowest BCUT2D eigenvalue weighted by molar-refractivity contribution is -0.160. The average molecular weight is 1700 g/mol. The second-order valence-electron chi connectivity index (χ2n) is 28.3. The van der Waals surface area contributed by atoms with E-state index in [0.29, 0.717) is 37.7 Å². The molecule has 42 heteroatoms. The fraction of sp³-hybridized carbons (Fsp3) is 0.662. The van der Waals surface area contributed by atoms with Gasteiger partial charge in [-0.2, -0.15) is 0 Å². The maximum atomic E-state index is 15.0. The van der Waals surface area contributed by atoms with Crippen LogP contribution in [0.4, 0.5) is 4.79 Å². The summed E-state index contributed by atoms with van der Waals surface area (Å²) in [5.74, 6) is -12.8. The van der Waals surface area contributed by atoms with Gasteiger partial charge in [0.2, 0.25) is 47.3 Å². The number of carbonyl (C=O) groups is 16. The molecule has 3 rings (SSSR count). The highest BCUT2D eigenvalue weighted by Gasteiger charge is 2.41. The van der Waals surface area contributed by atoms with Crippen molar-refractivity contribution in [3.8, 4) is 5.75 Å². The van der Waals surface area contributed by atoms with Gasteiger partial charge in [-0.25, -0.2) is 15.2 Å². The van der Waals surface area contributed by atoms with Crippen LogP contribution in [-0.2, 0) is 87.8 Å². The molecule has 15 atom stereocenters. The maximum Gasteiger partial charge on any atom is 0.426 e. The third-order valence-electron chi connectivity index (χ3n) is 18.7. The van der Waals surface area contributed by atoms with Crippen LogP contribution in [-0.4, -0.2) is 276 Å². The van der Waals surface area contributed by atoms with Crippen LogP contribution in [0.25, 0.3) is 0 Å². The van der Waals surface area contributed by atoms with Crippen molar-refractivity contribution in [2.75, 3.05) is 51.6 Å². The van der Waals surface area contributed by atoms with E-state index in [1.165, 1.54) is 36.3 Å². The van der Waals surface area contributed by atoms with E-state index < -0.39 is 214 Å². The molecule has 0 saturated carbocycles. The van der Waals surface area contributed by atoms with Gasteiger partial charge in [0.05, 0.1) is 24.8 Å². The second kappa shape index (κ2) is 53.9. The van der Waals surface area contributed by atoms with E-state index in [1.807, 2.05) is 39.6 Å². The monoisotopic (exact) mass is 1700 g/mol. The van der Waals surface area contributed by atoms with Gasteiger partial charge in [-0.3, -0.25) is 72.7 Å². The Labute approximate surface area is 683 Å². The molecule has 650 valence electrons. The first kappa shape index (κ1) is 101. The Hall–Kier alpha value is -9.17. The van der Waals surface area contributed by atoms with Crippen molar-refractivity contribution in [1.82, 2.24) is 62.9 Å². The molecular formula is C74H114N12O27S3. The van der Waals surface area contributed by atoms with Crippen molar-refractivity contribution in [1.29, 1.82) is 0 Å². The standard InChI is InChI=1S/C74H114N12O27S3/c1-9-14-62(100)112-40-86(73(109)63(42(5)10-2)82-71(108)53-16-11-12-28-85(53)8)54(41(3)4)35-57(113-44(7)90)72-81-52(39-114-72)70(107)77-47(34-45-17-20-48(91)21-18-45)33-43(6)66(103)83-84-74(110)111-30-32-116-115-31-27-59(95)78-50(22-24-58(94)75-36-55(92)64(101)65(102)56(93)38-89)68(105)80-51(23-26-61(98)99)69(106)79-49(15-13-29-87)67(104)76-46(37-88)19-25-60(96)97/h17-18,20-21,29,37,39,41-43,46-47,49-51,53-57,63-65,89,91-93,101-102H,9-16,19,22-28,30-36,38,40H2,1-8H3,(H,75,94)(H,76,104)(H,77,107)(H,78,95)(H,79,106)(H,80,105)(H,82,108)(H,83,103)(H,84,110)(H,96,97)(H,98,99)/t42?,43-,46?,47+,49?,50?,51?,53+,54+,55-,56+,57+,63-,64+,65+/m0/s1. The first-order valence-corrected chi connectivity index (χ1v) is 41.6. The number of amides is 10. The number of rotatable bonds is 55. The highest BCUT2D eigenvalue weighted by molar-refractivity contribution is 8.76. The van der Waals surface area contributed by atoms with Gasteiger partial charge in [-0.15, -0.1) is 11.3 Å². The number of aliphatic carboxylic acids is 2. The predicted molar refractivity (Wildman–Crippen MR) is 419 cm³/mol. The number of aldehydes is 2. The lowest BCUT2D eigenvalue weighted by Crippen LogP contribution is -2.59. The number of phenols is 1. The summed E-state index contributed by atoms with van der Waals surface area (Å²) >= 11 is 1.01. The Morgan fingerprint density at radius 1 is 0.707 bits per heavy atom. The lowest BCUT2D eigenvalue weighted by Gasteiger charge is -2.39. The number of likely N-dealkylation sites (N-methyl/N-ethyl adjacent to an activating group) is 1. The number of aliphatic hydroxyl groups excluding tert-OH is 5. The van der Waals surface area contributed by atoms with Gasteiger partial charge < -0.3 is 107 Å². The van der Waals surface area contributed by atoms with Gasteiger partial charge in [-0.05, 0) is 101 Å². The number of esters is 2. The number of aromatic hydroxyl groups is 1. The number of hydrogen-bond donors (Lipinski definition) is 17. The molecule has 0 spiro atoms. The number of nitrogens with zero attached hydrogens (tertiary/aromatic N) is 3. The summed E-state index contributed by atoms with van der Waals surface area (Å²) in [6, 6.07) is -3.35. The van der Waals surface area contributed by atoms with Crippen LogP contribution in [0.3, 0.4) is 0 Å². The number of hydrazine groups is 1. The van der Waals surface area contributed by atoms with Crippen LogP contribution in [0, 0.1) is 17.8 Å². The number of thiazole rings is 1. The van der Waals surface area contributed by atoms with E-state index in [2.05, 4.69) is 53.1 Å². The van der Waals surface area contributed by atoms with Crippen LogP contribution >= 0.6 is 32.9 Å². The molecule has 39 nitrogen and oxygen atoms in total. The summed E-state index contributed by atoms with van der Waals surface area (Å²) in [5.41, 5.74) is 5.01. The molecule has 17 N–H and O–H groups in total. The normalized spacial score (nSPS) is 16.4. The van der Waals surface area contributed by atoms with E-state index in [9.17, 15) is 103 Å². The molecular weight excluding hydrogens is 1590 g/mol. The smallest absolute Gasteiger partial charge is 0.426 e. The first-order valence-electron chi connectivity index (χ1n) is 38.3. The third-order valence-corrected chi connectivity index (χ3v) is 22.0. The number of carboxylic acid groups (broad SMARTS) is 2. The highest BCUT2D eigenvalue weighted by atomic mass is 33.1. The zero-order chi connectivity index (χ0) is 86.7. The number of aromatic nitrogens is 1. The summed E-state index contributed by atoms with van der Waals surface area (Å²) in [6.45, 7) is 10.2. The molecule has 116 heavy (non-hydrogen) atoms. The number of aliphatic hydroxyl groups is 5. The zero-order valence-electron chi connectivity index (χ0n) is 66.4. The van der Waals surface area contributed by atoms with Crippen molar-refractivity contribution >= 4 is 129 Å². The predicted octanol–water partition coefficient (Wildman–Crippen LogP) is 0.0875. The number of hydrogen-bond acceptors (Lipinski definition) is 30. The summed E-state index contributed by atoms with van der Waals surface area (Å²) in [7, 11) is 4.10. The van der Waals surface area contributed by atoms with E-state index in [0.717, 1.165) is 45.8 Å². The van der Waals surface area contributed by atoms with Crippen molar-refractivity contribution in [2.24, 2.45) is 17.8 Å². The van der Waals surface area contributed by atoms with Crippen LogP contribution in [0.5, 0.6) is 5.75 Å². The first-order chi connectivity index (χ1) is 55.0. The van der Waals surface area contributed by atoms with Gasteiger partial charge in [0.25, 0.3) is 5.91 Å². The van der Waals surface area contributed by atoms with E-state index in [-0.39, 0.29) is 110 Å². The van der Waals surface area contributed by atoms with E-state index >= 15 is 4.79 Å². The number of ether oxygens (including phenoxy) is 3. The molecule has 1 saturated heterocycles. The largest absolute Gasteiger partial charge is 0.508 e. The van der Waals surface area contributed by atoms with Gasteiger partial charge >= 0.3 is 30.0 Å². The fourth-order valence-corrected chi connectivity index (χ4v) is 14.6. The Bertz CT molecular complexity index is 3550. The van der Waals surface area contributed by atoms with Crippen molar-refractivity contribution < 1.29 is 132 Å². The van der Waals surface area contributed by atoms with E-state index in [4.69, 9.17) is 24.4 Å². The zero-order valence-corrected chi connectivity index (χ0v) is 68.8. The Kier molecular flexibility index (Phi) is 47.0. The fourth-order valence-electron chi connectivity index (χ4n) is 11.9. The van der Waals surface area contributed by atoms with Gasteiger partial charge in [0, 0.05) is 93.3 Å². The molecule has 2 heterocycles. The van der Waals surface area contributed by atoms with Gasteiger partial charge in [-0.1, -0.05) is 88.1 Å². The number of benzene rings is 1. The third kappa shape index (κ3) is 37.4. The topological polar surface area (TPSA) is 590 Å². The lowest BCUT2D eigenvalue weighted by atomic mass is 9.92. The molecule has 0 bridgehead atoms. The molecule has 1 aromatic carbocycles. The molecule has 1 aliphatic rings. The highest BCUT2D eigenvalue weighted by Crippen LogP contribution is 2.33. The van der Waals surface area contributed by atoms with E-state index in [1.54, 1.807) is 19.1 Å². The molecule has 0 aliphatic carbocycles. The molecule has 10 amide bonds. The van der Waals surface area contributed by atoms with Crippen LogP contribution in [0.2, 0.25) is 0 Å². The Morgan fingerprint density at radius 2 is 1.33 bits per heavy atom. The SMILES string of the molecule is CCCC(=O)OCN(C(=O)[C@@H](NC(=O)[C@H]1CCCCN1C)C(C)CC)[C@H](C[C@@H](OC(C)=O)c1nc(C(=O)N[C@@H](Cc2ccc(O)cc2)C[C@H](C)C(=O)NNC(=O)OCCSSCCC(=O)NC(CCC(=O)NC[C@H](O)[C@@H](O)[C@H](O)[C@H](O)CO)C(=O)NC(CCC(=O)O)C(=O)NC(CCC=O)C(=O)NC(C=O)CCC(=O)O)cs1)C(C)C. The van der Waals surface area contributed by atoms with Gasteiger partial charge in [0.1, 0.15) is 78.1 Å². The van der Waals surface area contributed by atoms with Crippen LogP contribution in [0.15, 0.2) is 29.6 Å². The van der Waals surface area contributed by atoms with Gasteiger partial charge in [0.15, 0.2) is 12.8 Å². The number of carboxylic acids is 2. The number of phenolic OH excluding ortho intramolecular Hbond substituents is 1. The minimum Gasteiger partial charge on any atom is -0.508 e. The number of nitrogens with one attached hydrogen (secondary N) is 9. The molecule has 0 radical (unpaired) electrons. The number of likely N-dealkylation sites (tertiary alicyclic amines) is 1. The quantitative estimate of drug-likeness (QED) is 0.00793. The summed E-state index contributed by atoms with van der Waals surface area (Å²) < 4.78 is 16.8. The molecule has 1 aromatic heterocycles. The number of carbonyl (C=O) groups excluding carboxylic acids is 14. The number of piperidine rings is 1. The summed E-state index contributed by atoms with van der Waals surface area (Å²) in [5, 5.41) is 97.0. The van der Waals surface area contributed by atoms with Crippen LogP contribution < -0.4 is 48.1 Å². The molecule has 1 fully saturated rings. The van der Waals surface area contributed by atoms with Crippen molar-refractivity contribution in [3.05, 3.63) is 45.9 Å². The minimum absolute atomic E-state index is 0.0287. The molecule has 1 aliphatic heterocycles. The summed E-state index contributed by atoms with van der Waals surface area (Å²) in [6.07, 6.45) is -10.4. The molecule has 5 unspecified atom stereocenters. The van der Waals surface area contributed by atoms with Crippen molar-refractivity contribution in [2.45, 2.75) is 243 Å². The Morgan fingerprint density at radius 3 is 1.93 bits per heavy atom.